The second kappa shape index (κ2) is 12.2. The van der Waals surface area contributed by atoms with Crippen LogP contribution in [-0.2, 0) is 0 Å². The molecule has 14 rings (SSSR count). The van der Waals surface area contributed by atoms with Gasteiger partial charge < -0.3 is 9.13 Å². The molecule has 0 saturated heterocycles. The average molecular weight is 797 g/mol. The highest BCUT2D eigenvalue weighted by atomic mass is 32.1. The molecule has 278 valence electrons. The number of rotatable bonds is 3. The fourth-order valence-electron chi connectivity index (χ4n) is 10.2. The van der Waals surface area contributed by atoms with Gasteiger partial charge in [0.05, 0.1) is 22.1 Å². The molecule has 0 aliphatic rings. The van der Waals surface area contributed by atoms with E-state index in [9.17, 15) is 0 Å². The maximum Gasteiger partial charge on any atom is 0.0547 e. The zero-order valence-electron chi connectivity index (χ0n) is 32.2. The monoisotopic (exact) mass is 796 g/mol. The first-order valence-corrected chi connectivity index (χ1v) is 22.1. The normalized spacial score (nSPS) is 12.3. The van der Waals surface area contributed by atoms with Crippen LogP contribution in [0.3, 0.4) is 0 Å². The number of benzene rings is 10. The third kappa shape index (κ3) is 4.52. The third-order valence-electron chi connectivity index (χ3n) is 12.8. The molecule has 0 spiro atoms. The van der Waals surface area contributed by atoms with E-state index in [1.807, 2.05) is 22.7 Å². The van der Waals surface area contributed by atoms with E-state index in [1.54, 1.807) is 0 Å². The smallest absolute Gasteiger partial charge is 0.0547 e. The minimum Gasteiger partial charge on any atom is -0.309 e. The van der Waals surface area contributed by atoms with E-state index < -0.39 is 0 Å². The summed E-state index contributed by atoms with van der Waals surface area (Å²) in [6, 6.07) is 72.4. The fourth-order valence-corrected chi connectivity index (χ4v) is 12.4. The molecule has 2 nitrogen and oxygen atoms in total. The van der Waals surface area contributed by atoms with Crippen molar-refractivity contribution in [1.82, 2.24) is 9.13 Å². The first kappa shape index (κ1) is 32.7. The van der Waals surface area contributed by atoms with Crippen LogP contribution < -0.4 is 0 Å². The lowest BCUT2D eigenvalue weighted by atomic mass is 9.97. The highest BCUT2D eigenvalue weighted by Gasteiger charge is 2.19. The van der Waals surface area contributed by atoms with Gasteiger partial charge >= 0.3 is 0 Å². The van der Waals surface area contributed by atoms with Crippen LogP contribution in [0.5, 0.6) is 0 Å². The Morgan fingerprint density at radius 2 is 0.733 bits per heavy atom. The molecule has 0 N–H and O–H groups in total. The second-order valence-electron chi connectivity index (χ2n) is 16.1. The Bertz CT molecular complexity index is 4110. The molecular weight excluding hydrogens is 765 g/mol. The molecule has 4 aromatic heterocycles. The Hall–Kier alpha value is -7.24. The third-order valence-corrected chi connectivity index (χ3v) is 15.1. The van der Waals surface area contributed by atoms with Crippen molar-refractivity contribution in [1.29, 1.82) is 0 Å². The van der Waals surface area contributed by atoms with Gasteiger partial charge in [0.2, 0.25) is 0 Å². The van der Waals surface area contributed by atoms with Crippen molar-refractivity contribution in [3.63, 3.8) is 0 Å². The Kier molecular flexibility index (Phi) is 6.62. The summed E-state index contributed by atoms with van der Waals surface area (Å²) >= 11 is 3.78. The predicted octanol–water partition coefficient (Wildman–Crippen LogP) is 16.6. The molecule has 0 amide bonds. The largest absolute Gasteiger partial charge is 0.309 e. The van der Waals surface area contributed by atoms with Crippen molar-refractivity contribution in [3.05, 3.63) is 194 Å². The van der Waals surface area contributed by atoms with Crippen molar-refractivity contribution >= 4 is 128 Å². The second-order valence-corrected chi connectivity index (χ2v) is 18.2. The Labute approximate surface area is 352 Å². The molecule has 10 aromatic carbocycles. The first-order valence-electron chi connectivity index (χ1n) is 20.5. The van der Waals surface area contributed by atoms with Crippen LogP contribution in [0, 0.1) is 0 Å². The van der Waals surface area contributed by atoms with Crippen LogP contribution in [0.2, 0.25) is 0 Å². The molecule has 0 unspecified atom stereocenters. The maximum absolute atomic E-state index is 2.47. The van der Waals surface area contributed by atoms with E-state index in [0.717, 1.165) is 0 Å². The van der Waals surface area contributed by atoms with Crippen LogP contribution in [0.1, 0.15) is 0 Å². The van der Waals surface area contributed by atoms with Crippen molar-refractivity contribution in [2.75, 3.05) is 0 Å². The highest BCUT2D eigenvalue weighted by Crippen LogP contribution is 2.45. The standard InChI is InChI=1S/C56H32N2S2/c1-3-11-37(12-4-1)57-47-17-9-7-15-39(47)44-31-42-36(29-49(44)57)22-26-54-56(42)46-28-34(20-24-52(46)60-54)33-19-23-48-43(27-33)45-32-41-35(30-50(45)58(48)38-13-5-2-6-14-38)21-25-53-55(41)40-16-8-10-18-51(40)59-53/h1-32H. The molecule has 60 heavy (non-hydrogen) atoms. The van der Waals surface area contributed by atoms with Crippen molar-refractivity contribution in [3.8, 4) is 22.5 Å². The Morgan fingerprint density at radius 3 is 1.40 bits per heavy atom. The maximum atomic E-state index is 2.47. The molecule has 0 radical (unpaired) electrons. The zero-order chi connectivity index (χ0) is 39.1. The lowest BCUT2D eigenvalue weighted by Gasteiger charge is -2.09. The molecule has 0 atom stereocenters. The van der Waals surface area contributed by atoms with Gasteiger partial charge in [-0.05, 0) is 130 Å². The Balaban J connectivity index is 1.01. The van der Waals surface area contributed by atoms with Crippen molar-refractivity contribution < 1.29 is 0 Å². The summed E-state index contributed by atoms with van der Waals surface area (Å²) in [7, 11) is 0. The van der Waals surface area contributed by atoms with Crippen LogP contribution in [0.15, 0.2) is 194 Å². The number of hydrogen-bond donors (Lipinski definition) is 0. The lowest BCUT2D eigenvalue weighted by Crippen LogP contribution is -1.93. The minimum atomic E-state index is 1.17. The van der Waals surface area contributed by atoms with Gasteiger partial charge in [0, 0.05) is 73.3 Å². The predicted molar refractivity (Wildman–Crippen MR) is 261 cm³/mol. The summed E-state index contributed by atoms with van der Waals surface area (Å²) in [5.41, 5.74) is 9.72. The number of fused-ring (bicyclic) bond motifs is 16. The van der Waals surface area contributed by atoms with Gasteiger partial charge in [0.25, 0.3) is 0 Å². The number of hydrogen-bond acceptors (Lipinski definition) is 2. The van der Waals surface area contributed by atoms with Gasteiger partial charge in [0.1, 0.15) is 0 Å². The molecule has 0 aliphatic heterocycles. The molecule has 14 aromatic rings. The van der Waals surface area contributed by atoms with Gasteiger partial charge in [-0.25, -0.2) is 0 Å². The van der Waals surface area contributed by atoms with Gasteiger partial charge in [-0.2, -0.15) is 0 Å². The lowest BCUT2D eigenvalue weighted by molar-refractivity contribution is 1.18. The van der Waals surface area contributed by atoms with E-state index >= 15 is 0 Å². The quantitative estimate of drug-likeness (QED) is 0.169. The van der Waals surface area contributed by atoms with E-state index in [4.69, 9.17) is 0 Å². The summed E-state index contributed by atoms with van der Waals surface area (Å²) in [5.74, 6) is 0. The SMILES string of the molecule is c1ccc(-n2c3ccccc3c3cc4c(ccc5sc6ccc(-c7ccc8c(c7)c7cc9c(ccc%10sc%11ccccc%11c%109)cc7n8-c7ccccc7)cc6c54)cc32)cc1. The number of nitrogens with zero attached hydrogens (tertiary/aromatic N) is 2. The van der Waals surface area contributed by atoms with Gasteiger partial charge in [-0.15, -0.1) is 22.7 Å². The molecule has 4 heteroatoms. The van der Waals surface area contributed by atoms with Crippen LogP contribution >= 0.6 is 22.7 Å². The molecule has 0 aliphatic carbocycles. The summed E-state index contributed by atoms with van der Waals surface area (Å²) in [6.07, 6.45) is 0. The van der Waals surface area contributed by atoms with E-state index in [1.165, 1.54) is 128 Å². The summed E-state index contributed by atoms with van der Waals surface area (Å²) in [5, 5.41) is 15.6. The first-order chi connectivity index (χ1) is 29.7. The number of thiophene rings is 2. The van der Waals surface area contributed by atoms with Crippen LogP contribution in [0.4, 0.5) is 0 Å². The van der Waals surface area contributed by atoms with Gasteiger partial charge in [-0.1, -0.05) is 97.1 Å². The summed E-state index contributed by atoms with van der Waals surface area (Å²) in [4.78, 5) is 0. The topological polar surface area (TPSA) is 9.86 Å². The molecule has 0 saturated carbocycles. The molecule has 4 heterocycles. The van der Waals surface area contributed by atoms with Crippen LogP contribution in [0.25, 0.3) is 128 Å². The van der Waals surface area contributed by atoms with E-state index in [2.05, 4.69) is 203 Å². The minimum absolute atomic E-state index is 1.17. The average Bonchev–Trinajstić information content (AvgIpc) is 4.05. The number of para-hydroxylation sites is 3. The van der Waals surface area contributed by atoms with Crippen LogP contribution in [-0.4, -0.2) is 9.13 Å². The molecule has 0 fully saturated rings. The number of aromatic nitrogens is 2. The van der Waals surface area contributed by atoms with Crippen molar-refractivity contribution in [2.24, 2.45) is 0 Å². The highest BCUT2D eigenvalue weighted by molar-refractivity contribution is 7.26. The van der Waals surface area contributed by atoms with E-state index in [0.29, 0.717) is 0 Å². The zero-order valence-corrected chi connectivity index (χ0v) is 33.8. The van der Waals surface area contributed by atoms with Gasteiger partial charge in [-0.3, -0.25) is 0 Å². The Morgan fingerprint density at radius 1 is 0.267 bits per heavy atom. The molecular formula is C56H32N2S2. The summed E-state index contributed by atoms with van der Waals surface area (Å²) < 4.78 is 10.2. The fraction of sp³-hybridized carbons (Fsp3) is 0. The van der Waals surface area contributed by atoms with Crippen molar-refractivity contribution in [2.45, 2.75) is 0 Å². The molecule has 0 bridgehead atoms. The van der Waals surface area contributed by atoms with E-state index in [-0.39, 0.29) is 0 Å². The van der Waals surface area contributed by atoms with Gasteiger partial charge in [0.15, 0.2) is 0 Å². The summed E-state index contributed by atoms with van der Waals surface area (Å²) in [6.45, 7) is 0.